The van der Waals surface area contributed by atoms with Crippen LogP contribution >= 0.6 is 11.6 Å². The van der Waals surface area contributed by atoms with Crippen LogP contribution in [0.25, 0.3) is 0 Å². The molecule has 0 aliphatic carbocycles. The number of carbonyl (C=O) groups excluding carboxylic acids is 2. The lowest BCUT2D eigenvalue weighted by Gasteiger charge is -2.29. The van der Waals surface area contributed by atoms with Gasteiger partial charge in [-0.3, -0.25) is 9.59 Å². The van der Waals surface area contributed by atoms with Crippen molar-refractivity contribution in [2.45, 2.75) is 38.8 Å². The molecule has 29 heavy (non-hydrogen) atoms. The van der Waals surface area contributed by atoms with Gasteiger partial charge in [-0.2, -0.15) is 0 Å². The highest BCUT2D eigenvalue weighted by Gasteiger charge is 2.27. The minimum atomic E-state index is -0.676. The molecule has 1 aliphatic rings. The van der Waals surface area contributed by atoms with Gasteiger partial charge in [-0.25, -0.2) is 0 Å². The Hall–Kier alpha value is -2.57. The maximum absolute atomic E-state index is 13.3. The Balaban J connectivity index is 1.78. The third-order valence-corrected chi connectivity index (χ3v) is 5.02. The van der Waals surface area contributed by atoms with Crippen LogP contribution in [0, 0.1) is 0 Å². The van der Waals surface area contributed by atoms with Gasteiger partial charge in [0, 0.05) is 35.9 Å². The molecule has 0 unspecified atom stereocenters. The highest BCUT2D eigenvalue weighted by atomic mass is 35.5. The molecule has 7 heteroatoms. The Morgan fingerprint density at radius 1 is 1.28 bits per heavy atom. The summed E-state index contributed by atoms with van der Waals surface area (Å²) in [6, 6.07) is 14.5. The Kier molecular flexibility index (Phi) is 7.12. The van der Waals surface area contributed by atoms with Crippen LogP contribution in [0.1, 0.15) is 26.7 Å². The monoisotopic (exact) mass is 415 g/mol. The molecule has 1 heterocycles. The lowest BCUT2D eigenvalue weighted by atomic mass is 10.1. The van der Waals surface area contributed by atoms with Crippen molar-refractivity contribution in [1.29, 1.82) is 0 Å². The maximum Gasteiger partial charge on any atom is 0.267 e. The molecule has 154 valence electrons. The minimum Gasteiger partial charge on any atom is -0.481 e. The Labute approximate surface area is 176 Å². The summed E-state index contributed by atoms with van der Waals surface area (Å²) >= 11 is 6.02. The number of nitrogens with zero attached hydrogens (tertiary/aromatic N) is 1. The van der Waals surface area contributed by atoms with Gasteiger partial charge in [0.2, 0.25) is 5.91 Å². The molecule has 1 aliphatic heterocycles. The van der Waals surface area contributed by atoms with Gasteiger partial charge in [0.25, 0.3) is 5.91 Å². The molecule has 0 bridgehead atoms. The smallest absolute Gasteiger partial charge is 0.267 e. The molecule has 6 nitrogen and oxygen atoms in total. The standard InChI is InChI=1S/C22H26ClN3O3/c1-15(29-21-7-3-5-17(23)13-21)22(28)26(14-19-6-4-12-24-19)20-10-8-18(9-11-20)25-16(2)27/h3,5,7-11,13,15,19,24H,4,6,12,14H2,1-2H3,(H,25,27)/t15-,19-/m1/s1. The van der Waals surface area contributed by atoms with E-state index < -0.39 is 6.10 Å². The van der Waals surface area contributed by atoms with E-state index in [0.717, 1.165) is 25.1 Å². The molecule has 0 aromatic heterocycles. The summed E-state index contributed by atoms with van der Waals surface area (Å²) in [6.45, 7) is 4.72. The molecule has 0 radical (unpaired) electrons. The van der Waals surface area contributed by atoms with Crippen molar-refractivity contribution in [1.82, 2.24) is 5.32 Å². The summed E-state index contributed by atoms with van der Waals surface area (Å²) in [6.07, 6.45) is 1.45. The van der Waals surface area contributed by atoms with Crippen LogP contribution in [0.2, 0.25) is 5.02 Å². The number of halogens is 1. The fourth-order valence-corrected chi connectivity index (χ4v) is 3.58. The van der Waals surface area contributed by atoms with Crippen LogP contribution in [0.3, 0.4) is 0 Å². The molecular weight excluding hydrogens is 390 g/mol. The minimum absolute atomic E-state index is 0.133. The largest absolute Gasteiger partial charge is 0.481 e. The van der Waals surface area contributed by atoms with Crippen molar-refractivity contribution in [2.24, 2.45) is 0 Å². The molecule has 0 spiro atoms. The number of carbonyl (C=O) groups is 2. The fraction of sp³-hybridized carbons (Fsp3) is 0.364. The van der Waals surface area contributed by atoms with Crippen LogP contribution in [-0.2, 0) is 9.59 Å². The lowest BCUT2D eigenvalue weighted by Crippen LogP contribution is -2.46. The number of hydrogen-bond donors (Lipinski definition) is 2. The number of nitrogens with one attached hydrogen (secondary N) is 2. The average Bonchev–Trinajstić information content (AvgIpc) is 3.19. The van der Waals surface area contributed by atoms with Gasteiger partial charge in [-0.1, -0.05) is 17.7 Å². The summed E-state index contributed by atoms with van der Waals surface area (Å²) in [5.41, 5.74) is 1.45. The first-order valence-electron chi connectivity index (χ1n) is 9.77. The third-order valence-electron chi connectivity index (χ3n) is 4.79. The Bertz CT molecular complexity index is 851. The molecule has 1 fully saturated rings. The predicted octanol–water partition coefficient (Wildman–Crippen LogP) is 3.85. The van der Waals surface area contributed by atoms with Crippen molar-refractivity contribution in [2.75, 3.05) is 23.3 Å². The second kappa shape index (κ2) is 9.76. The van der Waals surface area contributed by atoms with E-state index in [0.29, 0.717) is 23.0 Å². The first kappa shape index (κ1) is 21.1. The zero-order chi connectivity index (χ0) is 20.8. The van der Waals surface area contributed by atoms with Gasteiger partial charge in [0.15, 0.2) is 6.10 Å². The second-order valence-corrected chi connectivity index (χ2v) is 7.62. The van der Waals surface area contributed by atoms with Crippen molar-refractivity contribution in [3.63, 3.8) is 0 Å². The van der Waals surface area contributed by atoms with E-state index in [1.54, 1.807) is 48.2 Å². The quantitative estimate of drug-likeness (QED) is 0.720. The number of ether oxygens (including phenoxy) is 1. The number of amides is 2. The zero-order valence-corrected chi connectivity index (χ0v) is 17.4. The van der Waals surface area contributed by atoms with E-state index in [-0.39, 0.29) is 17.9 Å². The SMILES string of the molecule is CC(=O)Nc1ccc(N(C[C@H]2CCCN2)C(=O)[C@@H](C)Oc2cccc(Cl)c2)cc1. The average molecular weight is 416 g/mol. The maximum atomic E-state index is 13.3. The van der Waals surface area contributed by atoms with E-state index in [4.69, 9.17) is 16.3 Å². The number of rotatable bonds is 7. The first-order chi connectivity index (χ1) is 13.9. The number of anilines is 2. The third kappa shape index (κ3) is 5.95. The summed E-state index contributed by atoms with van der Waals surface area (Å²) in [5, 5.41) is 6.74. The van der Waals surface area contributed by atoms with Crippen LogP contribution < -0.4 is 20.3 Å². The zero-order valence-electron chi connectivity index (χ0n) is 16.7. The summed E-state index contributed by atoms with van der Waals surface area (Å²) in [4.78, 5) is 26.2. The van der Waals surface area contributed by atoms with E-state index in [1.807, 2.05) is 12.1 Å². The molecule has 1 saturated heterocycles. The van der Waals surface area contributed by atoms with E-state index >= 15 is 0 Å². The van der Waals surface area contributed by atoms with E-state index in [1.165, 1.54) is 6.92 Å². The summed E-state index contributed by atoms with van der Waals surface area (Å²) in [7, 11) is 0. The van der Waals surface area contributed by atoms with Gasteiger partial charge in [-0.05, 0) is 68.8 Å². The lowest BCUT2D eigenvalue weighted by molar-refractivity contribution is -0.124. The molecule has 3 rings (SSSR count). The first-order valence-corrected chi connectivity index (χ1v) is 10.1. The highest BCUT2D eigenvalue weighted by Crippen LogP contribution is 2.23. The molecule has 0 saturated carbocycles. The number of benzene rings is 2. The van der Waals surface area contributed by atoms with Gasteiger partial charge in [0.05, 0.1) is 0 Å². The van der Waals surface area contributed by atoms with Crippen LogP contribution in [0.5, 0.6) is 5.75 Å². The van der Waals surface area contributed by atoms with Gasteiger partial charge >= 0.3 is 0 Å². The predicted molar refractivity (Wildman–Crippen MR) is 116 cm³/mol. The topological polar surface area (TPSA) is 70.7 Å². The molecular formula is C22H26ClN3O3. The van der Waals surface area contributed by atoms with E-state index in [2.05, 4.69) is 10.6 Å². The molecule has 2 atom stereocenters. The van der Waals surface area contributed by atoms with Crippen molar-refractivity contribution in [3.8, 4) is 5.75 Å². The highest BCUT2D eigenvalue weighted by molar-refractivity contribution is 6.30. The fourth-order valence-electron chi connectivity index (χ4n) is 3.40. The van der Waals surface area contributed by atoms with Crippen molar-refractivity contribution >= 4 is 34.8 Å². The van der Waals surface area contributed by atoms with Crippen LogP contribution in [-0.4, -0.2) is 37.0 Å². The van der Waals surface area contributed by atoms with Gasteiger partial charge in [0.1, 0.15) is 5.75 Å². The van der Waals surface area contributed by atoms with Crippen molar-refractivity contribution in [3.05, 3.63) is 53.6 Å². The number of hydrogen-bond acceptors (Lipinski definition) is 4. The van der Waals surface area contributed by atoms with Crippen LogP contribution in [0.4, 0.5) is 11.4 Å². The Morgan fingerprint density at radius 3 is 2.66 bits per heavy atom. The van der Waals surface area contributed by atoms with Crippen molar-refractivity contribution < 1.29 is 14.3 Å². The molecule has 2 aromatic rings. The van der Waals surface area contributed by atoms with Gasteiger partial charge < -0.3 is 20.3 Å². The second-order valence-electron chi connectivity index (χ2n) is 7.19. The van der Waals surface area contributed by atoms with Crippen LogP contribution in [0.15, 0.2) is 48.5 Å². The molecule has 2 aromatic carbocycles. The summed E-state index contributed by atoms with van der Waals surface area (Å²) < 4.78 is 5.85. The van der Waals surface area contributed by atoms with E-state index in [9.17, 15) is 9.59 Å². The molecule has 2 amide bonds. The Morgan fingerprint density at radius 2 is 2.03 bits per heavy atom. The molecule has 2 N–H and O–H groups in total. The normalized spacial score (nSPS) is 16.9. The van der Waals surface area contributed by atoms with Gasteiger partial charge in [-0.15, -0.1) is 0 Å². The summed E-state index contributed by atoms with van der Waals surface area (Å²) in [5.74, 6) is 0.286.